The molecule has 0 aromatic carbocycles. The van der Waals surface area contributed by atoms with Gasteiger partial charge in [0.1, 0.15) is 0 Å². The zero-order chi connectivity index (χ0) is 15.7. The third-order valence-electron chi connectivity index (χ3n) is 3.49. The molecule has 0 fully saturated rings. The van der Waals surface area contributed by atoms with Crippen LogP contribution in [0.5, 0.6) is 0 Å². The lowest BCUT2D eigenvalue weighted by Gasteiger charge is -2.25. The molecule has 0 radical (unpaired) electrons. The van der Waals surface area contributed by atoms with Crippen molar-refractivity contribution >= 4 is 5.96 Å². The normalized spacial score (nSPS) is 12.2. The Kier molecular flexibility index (Phi) is 7.82. The van der Waals surface area contributed by atoms with Gasteiger partial charge in [-0.3, -0.25) is 9.58 Å². The third-order valence-corrected chi connectivity index (χ3v) is 3.49. The molecule has 0 saturated heterocycles. The van der Waals surface area contributed by atoms with Gasteiger partial charge in [-0.1, -0.05) is 6.92 Å². The van der Waals surface area contributed by atoms with E-state index in [1.54, 1.807) is 6.20 Å². The van der Waals surface area contributed by atoms with Crippen molar-refractivity contribution in [1.29, 1.82) is 0 Å². The van der Waals surface area contributed by atoms with Crippen LogP contribution in [0, 0.1) is 0 Å². The number of nitrogens with zero attached hydrogens (tertiary/aromatic N) is 4. The topological polar surface area (TPSA) is 57.5 Å². The molecular weight excluding hydrogens is 264 g/mol. The van der Waals surface area contributed by atoms with E-state index in [-0.39, 0.29) is 0 Å². The van der Waals surface area contributed by atoms with Crippen LogP contribution < -0.4 is 10.6 Å². The second-order valence-corrected chi connectivity index (χ2v) is 5.29. The largest absolute Gasteiger partial charge is 0.357 e. The van der Waals surface area contributed by atoms with Gasteiger partial charge in [0.05, 0.1) is 12.2 Å². The van der Waals surface area contributed by atoms with E-state index < -0.39 is 0 Å². The van der Waals surface area contributed by atoms with Gasteiger partial charge < -0.3 is 10.6 Å². The van der Waals surface area contributed by atoms with Gasteiger partial charge in [0.25, 0.3) is 0 Å². The number of rotatable bonds is 8. The quantitative estimate of drug-likeness (QED) is 0.559. The molecule has 120 valence electrons. The molecule has 1 rings (SSSR count). The Labute approximate surface area is 128 Å². The van der Waals surface area contributed by atoms with Crippen molar-refractivity contribution in [2.45, 2.75) is 40.3 Å². The molecular formula is C15H30N6. The average molecular weight is 294 g/mol. The summed E-state index contributed by atoms with van der Waals surface area (Å²) in [5.74, 6) is 0.860. The highest BCUT2D eigenvalue weighted by atomic mass is 15.3. The van der Waals surface area contributed by atoms with Crippen LogP contribution in [0.3, 0.4) is 0 Å². The summed E-state index contributed by atoms with van der Waals surface area (Å²) in [7, 11) is 1.94. The fourth-order valence-corrected chi connectivity index (χ4v) is 2.16. The van der Waals surface area contributed by atoms with Gasteiger partial charge in [0.15, 0.2) is 5.96 Å². The lowest BCUT2D eigenvalue weighted by atomic mass is 10.3. The SMILES string of the molecule is CCNC(=NCc1ccnn1C)NCCN(CC)C(C)C. The molecule has 21 heavy (non-hydrogen) atoms. The van der Waals surface area contributed by atoms with Crippen molar-refractivity contribution in [1.82, 2.24) is 25.3 Å². The summed E-state index contributed by atoms with van der Waals surface area (Å²) in [6.07, 6.45) is 1.80. The molecule has 0 amide bonds. The van der Waals surface area contributed by atoms with E-state index in [9.17, 15) is 0 Å². The molecule has 6 heteroatoms. The van der Waals surface area contributed by atoms with E-state index >= 15 is 0 Å². The molecule has 0 atom stereocenters. The van der Waals surface area contributed by atoms with Gasteiger partial charge in [-0.05, 0) is 33.4 Å². The number of aliphatic imine (C=N–C) groups is 1. The van der Waals surface area contributed by atoms with Crippen LogP contribution in [0.15, 0.2) is 17.3 Å². The molecule has 0 unspecified atom stereocenters. The average Bonchev–Trinajstić information content (AvgIpc) is 2.85. The van der Waals surface area contributed by atoms with Crippen LogP contribution in [0.1, 0.15) is 33.4 Å². The zero-order valence-electron chi connectivity index (χ0n) is 14.1. The fourth-order valence-electron chi connectivity index (χ4n) is 2.16. The van der Waals surface area contributed by atoms with Gasteiger partial charge in [-0.25, -0.2) is 4.99 Å². The highest BCUT2D eigenvalue weighted by Crippen LogP contribution is 1.98. The Bertz CT molecular complexity index is 424. The lowest BCUT2D eigenvalue weighted by molar-refractivity contribution is 0.237. The minimum atomic E-state index is 0.575. The number of aryl methyl sites for hydroxylation is 1. The van der Waals surface area contributed by atoms with Gasteiger partial charge in [0.2, 0.25) is 0 Å². The Hall–Kier alpha value is -1.56. The Balaban J connectivity index is 2.47. The summed E-state index contributed by atoms with van der Waals surface area (Å²) in [5, 5.41) is 10.8. The molecule has 1 heterocycles. The van der Waals surface area contributed by atoms with Crippen molar-refractivity contribution in [3.63, 3.8) is 0 Å². The van der Waals surface area contributed by atoms with Crippen LogP contribution in [0.25, 0.3) is 0 Å². The lowest BCUT2D eigenvalue weighted by Crippen LogP contribution is -2.43. The van der Waals surface area contributed by atoms with E-state index in [4.69, 9.17) is 0 Å². The van der Waals surface area contributed by atoms with Crippen molar-refractivity contribution in [3.05, 3.63) is 18.0 Å². The van der Waals surface area contributed by atoms with Gasteiger partial charge in [-0.2, -0.15) is 5.10 Å². The van der Waals surface area contributed by atoms with E-state index in [1.165, 1.54) is 0 Å². The maximum atomic E-state index is 4.60. The molecule has 0 aliphatic rings. The van der Waals surface area contributed by atoms with E-state index in [0.29, 0.717) is 12.6 Å². The van der Waals surface area contributed by atoms with Crippen molar-refractivity contribution < 1.29 is 0 Å². The summed E-state index contributed by atoms with van der Waals surface area (Å²) in [5.41, 5.74) is 1.10. The van der Waals surface area contributed by atoms with E-state index in [1.807, 2.05) is 17.8 Å². The van der Waals surface area contributed by atoms with Crippen LogP contribution in [0.4, 0.5) is 0 Å². The minimum Gasteiger partial charge on any atom is -0.357 e. The Morgan fingerprint density at radius 3 is 2.67 bits per heavy atom. The molecule has 1 aromatic heterocycles. The second kappa shape index (κ2) is 9.39. The molecule has 0 bridgehead atoms. The van der Waals surface area contributed by atoms with E-state index in [0.717, 1.165) is 37.8 Å². The van der Waals surface area contributed by atoms with Crippen molar-refractivity contribution in [3.8, 4) is 0 Å². The number of aromatic nitrogens is 2. The number of hydrogen-bond donors (Lipinski definition) is 2. The Morgan fingerprint density at radius 1 is 1.38 bits per heavy atom. The Morgan fingerprint density at radius 2 is 2.14 bits per heavy atom. The first-order valence-corrected chi connectivity index (χ1v) is 7.81. The van der Waals surface area contributed by atoms with Gasteiger partial charge in [0, 0.05) is 38.9 Å². The van der Waals surface area contributed by atoms with Crippen molar-refractivity contribution in [2.24, 2.45) is 12.0 Å². The first-order valence-electron chi connectivity index (χ1n) is 7.81. The number of hydrogen-bond acceptors (Lipinski definition) is 3. The first kappa shape index (κ1) is 17.5. The summed E-state index contributed by atoms with van der Waals surface area (Å²) < 4.78 is 1.85. The number of guanidine groups is 1. The minimum absolute atomic E-state index is 0.575. The van der Waals surface area contributed by atoms with Crippen LogP contribution in [-0.4, -0.2) is 52.9 Å². The van der Waals surface area contributed by atoms with Gasteiger partial charge >= 0.3 is 0 Å². The zero-order valence-corrected chi connectivity index (χ0v) is 14.1. The number of nitrogens with one attached hydrogen (secondary N) is 2. The van der Waals surface area contributed by atoms with Crippen LogP contribution in [-0.2, 0) is 13.6 Å². The maximum Gasteiger partial charge on any atom is 0.191 e. The molecule has 6 nitrogen and oxygen atoms in total. The maximum absolute atomic E-state index is 4.60. The predicted molar refractivity (Wildman–Crippen MR) is 88.4 cm³/mol. The highest BCUT2D eigenvalue weighted by molar-refractivity contribution is 5.79. The smallest absolute Gasteiger partial charge is 0.191 e. The van der Waals surface area contributed by atoms with E-state index in [2.05, 4.69) is 53.3 Å². The standard InChI is InChI=1S/C15H30N6/c1-6-16-15(17-10-11-21(7-2)13(3)4)18-12-14-8-9-19-20(14)5/h8-9,13H,6-7,10-12H2,1-5H3,(H2,16,17,18). The highest BCUT2D eigenvalue weighted by Gasteiger charge is 2.06. The van der Waals surface area contributed by atoms with Crippen LogP contribution in [0.2, 0.25) is 0 Å². The molecule has 0 spiro atoms. The fraction of sp³-hybridized carbons (Fsp3) is 0.733. The molecule has 0 aliphatic heterocycles. The third kappa shape index (κ3) is 6.16. The molecule has 2 N–H and O–H groups in total. The first-order chi connectivity index (χ1) is 10.1. The summed E-state index contributed by atoms with van der Waals surface area (Å²) in [6.45, 7) is 13.2. The molecule has 0 aliphatic carbocycles. The van der Waals surface area contributed by atoms with Gasteiger partial charge in [-0.15, -0.1) is 0 Å². The summed E-state index contributed by atoms with van der Waals surface area (Å²) in [4.78, 5) is 7.03. The number of likely N-dealkylation sites (N-methyl/N-ethyl adjacent to an activating group) is 1. The predicted octanol–water partition coefficient (Wildman–Crippen LogP) is 1.21. The summed E-state index contributed by atoms with van der Waals surface area (Å²) in [6, 6.07) is 2.57. The monoisotopic (exact) mass is 294 g/mol. The second-order valence-electron chi connectivity index (χ2n) is 5.29. The summed E-state index contributed by atoms with van der Waals surface area (Å²) >= 11 is 0. The molecule has 0 saturated carbocycles. The van der Waals surface area contributed by atoms with Crippen LogP contribution >= 0.6 is 0 Å². The molecule has 1 aromatic rings. The van der Waals surface area contributed by atoms with Crippen molar-refractivity contribution in [2.75, 3.05) is 26.2 Å².